The lowest BCUT2D eigenvalue weighted by Gasteiger charge is -2.26. The summed E-state index contributed by atoms with van der Waals surface area (Å²) in [4.78, 5) is 23.7. The molecule has 0 saturated carbocycles. The van der Waals surface area contributed by atoms with Gasteiger partial charge in [0, 0.05) is 6.54 Å². The third-order valence-corrected chi connectivity index (χ3v) is 1.98. The molecule has 13 heavy (non-hydrogen) atoms. The van der Waals surface area contributed by atoms with Crippen molar-refractivity contribution < 1.29 is 9.59 Å². The van der Waals surface area contributed by atoms with Crippen molar-refractivity contribution in [3.05, 3.63) is 0 Å². The average Bonchev–Trinajstić information content (AvgIpc) is 2.11. The summed E-state index contributed by atoms with van der Waals surface area (Å²) in [5, 5.41) is 5.50. The smallest absolute Gasteiger partial charge is 0.242 e. The third-order valence-electron chi connectivity index (χ3n) is 1.98. The normalized spacial score (nSPS) is 17.5. The first-order chi connectivity index (χ1) is 6.24. The minimum atomic E-state index is -0.0657. The first kappa shape index (κ1) is 9.98. The van der Waals surface area contributed by atoms with Crippen molar-refractivity contribution in [2.24, 2.45) is 0 Å². The lowest BCUT2D eigenvalue weighted by Crippen LogP contribution is -2.51. The van der Waals surface area contributed by atoms with Crippen molar-refractivity contribution >= 4 is 11.8 Å². The van der Waals surface area contributed by atoms with Crippen molar-refractivity contribution in [1.82, 2.24) is 15.5 Å². The quantitative estimate of drug-likeness (QED) is 0.527. The van der Waals surface area contributed by atoms with E-state index in [1.165, 1.54) is 0 Å². The summed E-state index contributed by atoms with van der Waals surface area (Å²) < 4.78 is 0. The summed E-state index contributed by atoms with van der Waals surface area (Å²) in [6.07, 6.45) is 0.884. The van der Waals surface area contributed by atoms with Crippen molar-refractivity contribution in [2.75, 3.05) is 33.2 Å². The molecule has 1 aliphatic rings. The molecular formula is C8H15N3O2. The van der Waals surface area contributed by atoms with Crippen LogP contribution in [0.3, 0.4) is 0 Å². The van der Waals surface area contributed by atoms with E-state index in [0.717, 1.165) is 13.0 Å². The molecule has 0 spiro atoms. The lowest BCUT2D eigenvalue weighted by atomic mass is 10.3. The molecule has 0 bridgehead atoms. The maximum atomic E-state index is 11.2. The second-order valence-electron chi connectivity index (χ2n) is 3.05. The van der Waals surface area contributed by atoms with Crippen molar-refractivity contribution in [3.63, 3.8) is 0 Å². The van der Waals surface area contributed by atoms with Gasteiger partial charge in [0.2, 0.25) is 11.8 Å². The van der Waals surface area contributed by atoms with Crippen molar-refractivity contribution in [1.29, 1.82) is 0 Å². The zero-order valence-corrected chi connectivity index (χ0v) is 7.80. The predicted octanol–water partition coefficient (Wildman–Crippen LogP) is -1.45. The Balaban J connectivity index is 2.29. The maximum Gasteiger partial charge on any atom is 0.242 e. The van der Waals surface area contributed by atoms with Crippen LogP contribution in [0.4, 0.5) is 0 Å². The van der Waals surface area contributed by atoms with Gasteiger partial charge in [-0.25, -0.2) is 0 Å². The summed E-state index contributed by atoms with van der Waals surface area (Å²) in [5.74, 6) is -0.0558. The Hall–Kier alpha value is -1.10. The van der Waals surface area contributed by atoms with Gasteiger partial charge in [-0.05, 0) is 20.0 Å². The molecular weight excluding hydrogens is 170 g/mol. The highest BCUT2D eigenvalue weighted by Gasteiger charge is 2.21. The average molecular weight is 185 g/mol. The van der Waals surface area contributed by atoms with Gasteiger partial charge in [0.1, 0.15) is 0 Å². The topological polar surface area (TPSA) is 61.4 Å². The Morgan fingerprint density at radius 3 is 3.00 bits per heavy atom. The third kappa shape index (κ3) is 3.02. The summed E-state index contributed by atoms with van der Waals surface area (Å²) in [5.41, 5.74) is 0. The fraction of sp³-hybridized carbons (Fsp3) is 0.750. The van der Waals surface area contributed by atoms with E-state index in [9.17, 15) is 9.59 Å². The molecule has 0 aromatic heterocycles. The molecule has 1 heterocycles. The van der Waals surface area contributed by atoms with Crippen LogP contribution in [0.2, 0.25) is 0 Å². The lowest BCUT2D eigenvalue weighted by molar-refractivity contribution is -0.140. The van der Waals surface area contributed by atoms with Crippen LogP contribution in [0.25, 0.3) is 0 Å². The largest absolute Gasteiger partial charge is 0.345 e. The van der Waals surface area contributed by atoms with E-state index in [0.29, 0.717) is 6.54 Å². The summed E-state index contributed by atoms with van der Waals surface area (Å²) >= 11 is 0. The molecule has 5 nitrogen and oxygen atoms in total. The fourth-order valence-corrected chi connectivity index (χ4v) is 1.25. The zero-order valence-electron chi connectivity index (χ0n) is 7.80. The molecule has 1 saturated heterocycles. The van der Waals surface area contributed by atoms with Crippen LogP contribution in [0, 0.1) is 0 Å². The Morgan fingerprint density at radius 1 is 1.54 bits per heavy atom. The van der Waals surface area contributed by atoms with E-state index in [2.05, 4.69) is 10.6 Å². The highest BCUT2D eigenvalue weighted by atomic mass is 16.2. The SMILES string of the molecule is CNCCCN1CC(=O)NCC1=O. The number of nitrogens with zero attached hydrogens (tertiary/aromatic N) is 1. The number of amides is 2. The molecule has 0 aromatic carbocycles. The number of carbonyl (C=O) groups is 2. The van der Waals surface area contributed by atoms with Gasteiger partial charge in [-0.3, -0.25) is 9.59 Å². The highest BCUT2D eigenvalue weighted by molar-refractivity contribution is 5.92. The van der Waals surface area contributed by atoms with Crippen LogP contribution in [0.5, 0.6) is 0 Å². The van der Waals surface area contributed by atoms with Crippen molar-refractivity contribution in [2.45, 2.75) is 6.42 Å². The number of nitrogens with one attached hydrogen (secondary N) is 2. The molecule has 2 N–H and O–H groups in total. The van der Waals surface area contributed by atoms with Crippen LogP contribution < -0.4 is 10.6 Å². The van der Waals surface area contributed by atoms with E-state index in [1.807, 2.05) is 7.05 Å². The number of carbonyl (C=O) groups excluding carboxylic acids is 2. The number of hydrogen-bond donors (Lipinski definition) is 2. The Morgan fingerprint density at radius 2 is 2.31 bits per heavy atom. The van der Waals surface area contributed by atoms with Crippen LogP contribution >= 0.6 is 0 Å². The van der Waals surface area contributed by atoms with Gasteiger partial charge >= 0.3 is 0 Å². The molecule has 0 aromatic rings. The van der Waals surface area contributed by atoms with E-state index in [1.54, 1.807) is 4.90 Å². The van der Waals surface area contributed by atoms with E-state index >= 15 is 0 Å². The minimum absolute atomic E-state index is 0.00991. The maximum absolute atomic E-state index is 11.2. The number of piperazine rings is 1. The van der Waals surface area contributed by atoms with Crippen LogP contribution in [0.15, 0.2) is 0 Å². The van der Waals surface area contributed by atoms with Gasteiger partial charge in [0.15, 0.2) is 0 Å². The molecule has 1 aliphatic heterocycles. The molecule has 0 unspecified atom stereocenters. The molecule has 1 fully saturated rings. The predicted molar refractivity (Wildman–Crippen MR) is 48.1 cm³/mol. The molecule has 1 rings (SSSR count). The van der Waals surface area contributed by atoms with E-state index in [4.69, 9.17) is 0 Å². The minimum Gasteiger partial charge on any atom is -0.345 e. The molecule has 2 amide bonds. The zero-order chi connectivity index (χ0) is 9.68. The molecule has 0 atom stereocenters. The molecule has 74 valence electrons. The van der Waals surface area contributed by atoms with Gasteiger partial charge in [-0.15, -0.1) is 0 Å². The standard InChI is InChI=1S/C8H15N3O2/c1-9-3-2-4-11-6-7(12)10-5-8(11)13/h9H,2-6H2,1H3,(H,10,12). The fourth-order valence-electron chi connectivity index (χ4n) is 1.25. The van der Waals surface area contributed by atoms with Gasteiger partial charge in [-0.1, -0.05) is 0 Å². The van der Waals surface area contributed by atoms with E-state index in [-0.39, 0.29) is 24.9 Å². The molecule has 0 aliphatic carbocycles. The Kier molecular flexibility index (Phi) is 3.70. The summed E-state index contributed by atoms with van der Waals surface area (Å²) in [6, 6.07) is 0. The Labute approximate surface area is 77.5 Å². The van der Waals surface area contributed by atoms with Crippen molar-refractivity contribution in [3.8, 4) is 0 Å². The number of rotatable bonds is 4. The van der Waals surface area contributed by atoms with Gasteiger partial charge in [0.05, 0.1) is 13.1 Å². The van der Waals surface area contributed by atoms with Gasteiger partial charge < -0.3 is 15.5 Å². The van der Waals surface area contributed by atoms with Gasteiger partial charge in [-0.2, -0.15) is 0 Å². The van der Waals surface area contributed by atoms with Gasteiger partial charge in [0.25, 0.3) is 0 Å². The first-order valence-corrected chi connectivity index (χ1v) is 4.43. The highest BCUT2D eigenvalue weighted by Crippen LogP contribution is 1.96. The summed E-state index contributed by atoms with van der Waals surface area (Å²) in [7, 11) is 1.87. The monoisotopic (exact) mass is 185 g/mol. The molecule has 5 heteroatoms. The number of hydrogen-bond acceptors (Lipinski definition) is 3. The second kappa shape index (κ2) is 4.81. The van der Waals surface area contributed by atoms with Crippen LogP contribution in [-0.4, -0.2) is 49.9 Å². The first-order valence-electron chi connectivity index (χ1n) is 4.43. The Bertz CT molecular complexity index is 206. The van der Waals surface area contributed by atoms with Crippen LogP contribution in [0.1, 0.15) is 6.42 Å². The van der Waals surface area contributed by atoms with Crippen LogP contribution in [-0.2, 0) is 9.59 Å². The molecule has 0 radical (unpaired) electrons. The summed E-state index contributed by atoms with van der Waals surface area (Å²) in [6.45, 7) is 1.89. The van der Waals surface area contributed by atoms with E-state index < -0.39 is 0 Å². The second-order valence-corrected chi connectivity index (χ2v) is 3.05.